The summed E-state index contributed by atoms with van der Waals surface area (Å²) in [6, 6.07) is 5.74. The fourth-order valence-electron chi connectivity index (χ4n) is 1.24. The van der Waals surface area contributed by atoms with Gasteiger partial charge >= 0.3 is 0 Å². The summed E-state index contributed by atoms with van der Waals surface area (Å²) >= 11 is 9.54. The highest BCUT2D eigenvalue weighted by molar-refractivity contribution is 9.10. The van der Waals surface area contributed by atoms with Crippen molar-refractivity contribution in [1.82, 2.24) is 0 Å². The predicted molar refractivity (Wildman–Crippen MR) is 63.7 cm³/mol. The highest BCUT2D eigenvalue weighted by atomic mass is 79.9. The number of hydrogen-bond acceptors (Lipinski definition) is 1. The first kappa shape index (κ1) is 12.0. The summed E-state index contributed by atoms with van der Waals surface area (Å²) in [4.78, 5) is 0. The van der Waals surface area contributed by atoms with Crippen molar-refractivity contribution in [3.63, 3.8) is 0 Å². The Balaban J connectivity index is 2.97. The van der Waals surface area contributed by atoms with Gasteiger partial charge in [0.1, 0.15) is 0 Å². The molecule has 0 saturated carbocycles. The molecule has 0 heterocycles. The molecule has 0 atom stereocenters. The van der Waals surface area contributed by atoms with E-state index >= 15 is 0 Å². The lowest BCUT2D eigenvalue weighted by molar-refractivity contribution is 0.159. The highest BCUT2D eigenvalue weighted by Gasteiger charge is 2.20. The first-order valence-corrected chi connectivity index (χ1v) is 5.67. The van der Waals surface area contributed by atoms with Crippen molar-refractivity contribution >= 4 is 27.5 Å². The molecular formula is C11H14BrClO. The molecule has 0 saturated heterocycles. The van der Waals surface area contributed by atoms with Gasteiger partial charge in [0.15, 0.2) is 0 Å². The number of rotatable bonds is 3. The largest absolute Gasteiger partial charge is 0.396 e. The van der Waals surface area contributed by atoms with Crippen molar-refractivity contribution < 1.29 is 5.11 Å². The fraction of sp³-hybridized carbons (Fsp3) is 0.455. The van der Waals surface area contributed by atoms with E-state index in [1.54, 1.807) is 0 Å². The van der Waals surface area contributed by atoms with E-state index in [1.165, 1.54) is 0 Å². The second-order valence-electron chi connectivity index (χ2n) is 4.20. The van der Waals surface area contributed by atoms with E-state index in [0.717, 1.165) is 21.5 Å². The minimum absolute atomic E-state index is 0.131. The van der Waals surface area contributed by atoms with Crippen molar-refractivity contribution in [3.8, 4) is 0 Å². The maximum Gasteiger partial charge on any atom is 0.0485 e. The molecule has 1 aromatic rings. The van der Waals surface area contributed by atoms with Crippen LogP contribution in [-0.4, -0.2) is 11.7 Å². The lowest BCUT2D eigenvalue weighted by atomic mass is 9.87. The lowest BCUT2D eigenvalue weighted by Gasteiger charge is -2.22. The zero-order valence-electron chi connectivity index (χ0n) is 8.35. The standard InChI is InChI=1S/C11H14BrClO/c1-11(2,7-14)6-8-9(12)4-3-5-10(8)13/h3-5,14H,6-7H2,1-2H3. The average Bonchev–Trinajstić information content (AvgIpc) is 2.12. The normalized spacial score (nSPS) is 11.8. The third kappa shape index (κ3) is 2.97. The Labute approximate surface area is 98.2 Å². The third-order valence-electron chi connectivity index (χ3n) is 2.15. The van der Waals surface area contributed by atoms with Crippen LogP contribution in [0.1, 0.15) is 19.4 Å². The molecule has 0 aliphatic carbocycles. The van der Waals surface area contributed by atoms with E-state index in [9.17, 15) is 5.11 Å². The molecule has 0 aliphatic rings. The van der Waals surface area contributed by atoms with Crippen LogP contribution in [0.15, 0.2) is 22.7 Å². The van der Waals surface area contributed by atoms with Crippen LogP contribution in [0.4, 0.5) is 0 Å². The molecule has 0 bridgehead atoms. The summed E-state index contributed by atoms with van der Waals surface area (Å²) in [5, 5.41) is 9.93. The maximum absolute atomic E-state index is 9.18. The van der Waals surface area contributed by atoms with Crippen LogP contribution in [0.3, 0.4) is 0 Å². The van der Waals surface area contributed by atoms with Gasteiger partial charge in [0.25, 0.3) is 0 Å². The van der Waals surface area contributed by atoms with Crippen molar-refractivity contribution in [2.45, 2.75) is 20.3 Å². The van der Waals surface area contributed by atoms with Gasteiger partial charge in [0.2, 0.25) is 0 Å². The molecule has 0 fully saturated rings. The zero-order chi connectivity index (χ0) is 10.8. The Morgan fingerprint density at radius 3 is 2.57 bits per heavy atom. The zero-order valence-corrected chi connectivity index (χ0v) is 10.7. The number of benzene rings is 1. The quantitative estimate of drug-likeness (QED) is 0.894. The Kier molecular flexibility index (Phi) is 3.99. The summed E-state index contributed by atoms with van der Waals surface area (Å²) in [6.45, 7) is 4.19. The van der Waals surface area contributed by atoms with E-state index in [2.05, 4.69) is 15.9 Å². The summed E-state index contributed by atoms with van der Waals surface area (Å²) in [6.07, 6.45) is 0.768. The smallest absolute Gasteiger partial charge is 0.0485 e. The fourth-order valence-corrected chi connectivity index (χ4v) is 2.10. The van der Waals surface area contributed by atoms with Gasteiger partial charge in [0, 0.05) is 16.1 Å². The van der Waals surface area contributed by atoms with Gasteiger partial charge < -0.3 is 5.11 Å². The van der Waals surface area contributed by atoms with Crippen LogP contribution < -0.4 is 0 Å². The van der Waals surface area contributed by atoms with Crippen molar-refractivity contribution in [2.75, 3.05) is 6.61 Å². The molecule has 0 unspecified atom stereocenters. The van der Waals surface area contributed by atoms with E-state index in [1.807, 2.05) is 32.0 Å². The van der Waals surface area contributed by atoms with Crippen LogP contribution >= 0.6 is 27.5 Å². The van der Waals surface area contributed by atoms with Crippen LogP contribution in [0, 0.1) is 5.41 Å². The average molecular weight is 278 g/mol. The van der Waals surface area contributed by atoms with Gasteiger partial charge in [-0.3, -0.25) is 0 Å². The van der Waals surface area contributed by atoms with Crippen LogP contribution in [0.25, 0.3) is 0 Å². The van der Waals surface area contributed by atoms with Crippen molar-refractivity contribution in [2.24, 2.45) is 5.41 Å². The summed E-state index contributed by atoms with van der Waals surface area (Å²) < 4.78 is 1.01. The predicted octanol–water partition coefficient (Wildman–Crippen LogP) is 3.66. The van der Waals surface area contributed by atoms with Gasteiger partial charge in [-0.2, -0.15) is 0 Å². The molecule has 0 aliphatic heterocycles. The first-order valence-electron chi connectivity index (χ1n) is 4.50. The monoisotopic (exact) mass is 276 g/mol. The van der Waals surface area contributed by atoms with Gasteiger partial charge in [-0.1, -0.05) is 47.4 Å². The van der Waals surface area contributed by atoms with E-state index in [-0.39, 0.29) is 12.0 Å². The second kappa shape index (κ2) is 4.65. The van der Waals surface area contributed by atoms with Gasteiger partial charge in [-0.25, -0.2) is 0 Å². The maximum atomic E-state index is 9.18. The molecule has 1 aromatic carbocycles. The third-order valence-corrected chi connectivity index (χ3v) is 3.24. The molecule has 0 amide bonds. The van der Waals surface area contributed by atoms with Crippen LogP contribution in [0.2, 0.25) is 5.02 Å². The van der Waals surface area contributed by atoms with Crippen molar-refractivity contribution in [3.05, 3.63) is 33.3 Å². The SMILES string of the molecule is CC(C)(CO)Cc1c(Cl)cccc1Br. The minimum Gasteiger partial charge on any atom is -0.396 e. The van der Waals surface area contributed by atoms with E-state index < -0.39 is 0 Å². The summed E-state index contributed by atoms with van der Waals surface area (Å²) in [5.74, 6) is 0. The molecule has 0 radical (unpaired) electrons. The van der Waals surface area contributed by atoms with E-state index in [0.29, 0.717) is 0 Å². The van der Waals surface area contributed by atoms with Gasteiger partial charge in [-0.05, 0) is 29.5 Å². The van der Waals surface area contributed by atoms with E-state index in [4.69, 9.17) is 11.6 Å². The molecule has 1 rings (SSSR count). The van der Waals surface area contributed by atoms with Gasteiger partial charge in [0.05, 0.1) is 0 Å². The number of halogens is 2. The molecule has 0 spiro atoms. The highest BCUT2D eigenvalue weighted by Crippen LogP contribution is 2.31. The molecule has 14 heavy (non-hydrogen) atoms. The molecule has 78 valence electrons. The first-order chi connectivity index (χ1) is 6.46. The Hall–Kier alpha value is -0.0500. The minimum atomic E-state index is -0.131. The molecule has 1 N–H and O–H groups in total. The summed E-state index contributed by atoms with van der Waals surface area (Å²) in [5.41, 5.74) is 0.932. The van der Waals surface area contributed by atoms with Crippen LogP contribution in [0.5, 0.6) is 0 Å². The van der Waals surface area contributed by atoms with Crippen molar-refractivity contribution in [1.29, 1.82) is 0 Å². The lowest BCUT2D eigenvalue weighted by Crippen LogP contribution is -2.20. The summed E-state index contributed by atoms with van der Waals surface area (Å²) in [7, 11) is 0. The second-order valence-corrected chi connectivity index (χ2v) is 5.46. The Morgan fingerprint density at radius 1 is 1.43 bits per heavy atom. The number of aliphatic hydroxyl groups is 1. The Bertz CT molecular complexity index is 303. The van der Waals surface area contributed by atoms with Crippen LogP contribution in [-0.2, 0) is 6.42 Å². The molecular weight excluding hydrogens is 263 g/mol. The number of aliphatic hydroxyl groups excluding tert-OH is 1. The Morgan fingerprint density at radius 2 is 2.07 bits per heavy atom. The molecule has 1 nitrogen and oxygen atoms in total. The van der Waals surface area contributed by atoms with Gasteiger partial charge in [-0.15, -0.1) is 0 Å². The molecule has 0 aromatic heterocycles. The number of hydrogen-bond donors (Lipinski definition) is 1. The topological polar surface area (TPSA) is 20.2 Å². The molecule has 3 heteroatoms.